The van der Waals surface area contributed by atoms with E-state index in [-0.39, 0.29) is 5.82 Å². The maximum atomic E-state index is 13.3. The zero-order valence-electron chi connectivity index (χ0n) is 14.2. The number of benzene rings is 3. The van der Waals surface area contributed by atoms with Crippen molar-refractivity contribution < 1.29 is 9.13 Å². The Balaban J connectivity index is 1.71. The van der Waals surface area contributed by atoms with Gasteiger partial charge >= 0.3 is 0 Å². The van der Waals surface area contributed by atoms with Crippen molar-refractivity contribution in [3.8, 4) is 5.75 Å². The largest absolute Gasteiger partial charge is 0.489 e. The van der Waals surface area contributed by atoms with Gasteiger partial charge in [-0.1, -0.05) is 45.7 Å². The van der Waals surface area contributed by atoms with Crippen molar-refractivity contribution in [3.63, 3.8) is 0 Å². The molecule has 134 valence electrons. The monoisotopic (exact) mass is 433 g/mol. The minimum atomic E-state index is -0.264. The van der Waals surface area contributed by atoms with E-state index in [0.717, 1.165) is 37.6 Å². The number of hydrogen-bond acceptors (Lipinski definition) is 2. The van der Waals surface area contributed by atoms with Crippen molar-refractivity contribution >= 4 is 33.2 Å². The fraction of sp³-hybridized carbons (Fsp3) is 0.143. The fourth-order valence-electron chi connectivity index (χ4n) is 2.51. The highest BCUT2D eigenvalue weighted by molar-refractivity contribution is 9.10. The van der Waals surface area contributed by atoms with Gasteiger partial charge in [-0.15, -0.1) is 0 Å². The van der Waals surface area contributed by atoms with E-state index in [1.807, 2.05) is 49.4 Å². The number of nitrogens with one attached hydrogen (secondary N) is 1. The normalized spacial score (nSPS) is 10.6. The summed E-state index contributed by atoms with van der Waals surface area (Å²) in [5.74, 6) is 0.489. The van der Waals surface area contributed by atoms with Gasteiger partial charge in [0.15, 0.2) is 0 Å². The third-order valence-electron chi connectivity index (χ3n) is 3.96. The Morgan fingerprint density at radius 1 is 1.08 bits per heavy atom. The molecule has 0 heterocycles. The Morgan fingerprint density at radius 2 is 1.92 bits per heavy atom. The molecule has 5 heteroatoms. The van der Waals surface area contributed by atoms with Crippen molar-refractivity contribution in [2.75, 3.05) is 5.32 Å². The molecule has 2 nitrogen and oxygen atoms in total. The predicted octanol–water partition coefficient (Wildman–Crippen LogP) is 6.74. The van der Waals surface area contributed by atoms with E-state index in [0.29, 0.717) is 13.2 Å². The van der Waals surface area contributed by atoms with E-state index >= 15 is 0 Å². The van der Waals surface area contributed by atoms with Crippen LogP contribution < -0.4 is 10.1 Å². The Bertz CT molecular complexity index is 916. The predicted molar refractivity (Wildman–Crippen MR) is 108 cm³/mol. The summed E-state index contributed by atoms with van der Waals surface area (Å²) in [5.41, 5.74) is 3.76. The summed E-state index contributed by atoms with van der Waals surface area (Å²) in [6.07, 6.45) is 0. The molecule has 0 saturated heterocycles. The minimum Gasteiger partial charge on any atom is -0.489 e. The van der Waals surface area contributed by atoms with Crippen LogP contribution in [-0.4, -0.2) is 0 Å². The Labute approximate surface area is 166 Å². The molecule has 0 aliphatic heterocycles. The first-order valence-corrected chi connectivity index (χ1v) is 9.34. The lowest BCUT2D eigenvalue weighted by Gasteiger charge is -2.14. The van der Waals surface area contributed by atoms with Gasteiger partial charge in [0.25, 0.3) is 0 Å². The lowest BCUT2D eigenvalue weighted by Crippen LogP contribution is -2.04. The Kier molecular flexibility index (Phi) is 6.17. The maximum Gasteiger partial charge on any atom is 0.124 e. The van der Waals surface area contributed by atoms with Crippen molar-refractivity contribution in [2.45, 2.75) is 20.1 Å². The van der Waals surface area contributed by atoms with Gasteiger partial charge < -0.3 is 10.1 Å². The Morgan fingerprint density at radius 3 is 2.69 bits per heavy atom. The smallest absolute Gasteiger partial charge is 0.124 e. The molecule has 3 rings (SSSR count). The molecule has 1 N–H and O–H groups in total. The van der Waals surface area contributed by atoms with Gasteiger partial charge in [-0.25, -0.2) is 4.39 Å². The first-order valence-electron chi connectivity index (χ1n) is 8.17. The summed E-state index contributed by atoms with van der Waals surface area (Å²) in [4.78, 5) is 0. The van der Waals surface area contributed by atoms with Gasteiger partial charge in [-0.3, -0.25) is 0 Å². The van der Waals surface area contributed by atoms with Crippen LogP contribution in [-0.2, 0) is 13.2 Å². The molecule has 0 radical (unpaired) electrons. The molecule has 0 unspecified atom stereocenters. The van der Waals surface area contributed by atoms with Crippen LogP contribution >= 0.6 is 27.5 Å². The summed E-state index contributed by atoms with van der Waals surface area (Å²) >= 11 is 9.67. The number of hydrogen-bond donors (Lipinski definition) is 1. The first-order chi connectivity index (χ1) is 12.5. The minimum absolute atomic E-state index is 0.264. The van der Waals surface area contributed by atoms with Crippen LogP contribution in [0.5, 0.6) is 5.75 Å². The second-order valence-corrected chi connectivity index (χ2v) is 7.31. The molecule has 0 aromatic heterocycles. The number of aryl methyl sites for hydroxylation is 1. The van der Waals surface area contributed by atoms with Crippen LogP contribution in [0.25, 0.3) is 0 Å². The van der Waals surface area contributed by atoms with Crippen LogP contribution in [0.3, 0.4) is 0 Å². The number of ether oxygens (including phenoxy) is 1. The molecule has 0 bridgehead atoms. The van der Waals surface area contributed by atoms with Crippen molar-refractivity contribution in [1.82, 2.24) is 0 Å². The molecule has 0 aliphatic carbocycles. The number of anilines is 1. The summed E-state index contributed by atoms with van der Waals surface area (Å²) in [7, 11) is 0. The molecular formula is C21H18BrClFNO. The van der Waals surface area contributed by atoms with Gasteiger partial charge in [0.05, 0.1) is 0 Å². The fourth-order valence-corrected chi connectivity index (χ4v) is 3.10. The van der Waals surface area contributed by atoms with Gasteiger partial charge in [-0.05, 0) is 60.5 Å². The molecule has 3 aromatic carbocycles. The average molecular weight is 435 g/mol. The highest BCUT2D eigenvalue weighted by Crippen LogP contribution is 2.26. The second-order valence-electron chi connectivity index (χ2n) is 5.99. The molecule has 0 amide bonds. The van der Waals surface area contributed by atoms with Crippen molar-refractivity contribution in [2.24, 2.45) is 0 Å². The number of halogens is 3. The van der Waals surface area contributed by atoms with Crippen molar-refractivity contribution in [1.29, 1.82) is 0 Å². The first kappa shape index (κ1) is 18.7. The lowest BCUT2D eigenvalue weighted by molar-refractivity contribution is 0.302. The topological polar surface area (TPSA) is 21.3 Å². The summed E-state index contributed by atoms with van der Waals surface area (Å²) < 4.78 is 20.2. The van der Waals surface area contributed by atoms with E-state index in [1.165, 1.54) is 12.1 Å². The molecule has 0 spiro atoms. The third kappa shape index (κ3) is 4.99. The zero-order chi connectivity index (χ0) is 18.5. The van der Waals surface area contributed by atoms with Gasteiger partial charge in [0, 0.05) is 27.3 Å². The van der Waals surface area contributed by atoms with E-state index < -0.39 is 0 Å². The van der Waals surface area contributed by atoms with E-state index in [4.69, 9.17) is 16.3 Å². The maximum absolute atomic E-state index is 13.3. The quantitative estimate of drug-likeness (QED) is 0.464. The highest BCUT2D eigenvalue weighted by atomic mass is 79.9. The van der Waals surface area contributed by atoms with Crippen LogP contribution in [0, 0.1) is 12.7 Å². The van der Waals surface area contributed by atoms with Gasteiger partial charge in [0.2, 0.25) is 0 Å². The zero-order valence-corrected chi connectivity index (χ0v) is 16.6. The summed E-state index contributed by atoms with van der Waals surface area (Å²) in [6.45, 7) is 2.86. The van der Waals surface area contributed by atoms with Crippen LogP contribution in [0.15, 0.2) is 65.1 Å². The van der Waals surface area contributed by atoms with Crippen LogP contribution in [0.1, 0.15) is 16.7 Å². The summed E-state index contributed by atoms with van der Waals surface area (Å²) in [5, 5.41) is 4.09. The lowest BCUT2D eigenvalue weighted by atomic mass is 10.1. The van der Waals surface area contributed by atoms with Crippen LogP contribution in [0.2, 0.25) is 5.02 Å². The average Bonchev–Trinajstić information content (AvgIpc) is 2.62. The molecular weight excluding hydrogens is 417 g/mol. The number of rotatable bonds is 6. The van der Waals surface area contributed by atoms with E-state index in [2.05, 4.69) is 21.2 Å². The van der Waals surface area contributed by atoms with E-state index in [1.54, 1.807) is 6.07 Å². The summed E-state index contributed by atoms with van der Waals surface area (Å²) in [6, 6.07) is 18.1. The highest BCUT2D eigenvalue weighted by Gasteiger charge is 2.07. The van der Waals surface area contributed by atoms with E-state index in [9.17, 15) is 4.39 Å². The van der Waals surface area contributed by atoms with Crippen molar-refractivity contribution in [3.05, 3.63) is 92.7 Å². The molecule has 3 aromatic rings. The second kappa shape index (κ2) is 8.56. The third-order valence-corrected chi connectivity index (χ3v) is 4.86. The van der Waals surface area contributed by atoms with Crippen LogP contribution in [0.4, 0.5) is 10.1 Å². The van der Waals surface area contributed by atoms with Gasteiger partial charge in [-0.2, -0.15) is 0 Å². The molecule has 26 heavy (non-hydrogen) atoms. The molecule has 0 fully saturated rings. The molecule has 0 atom stereocenters. The molecule has 0 saturated carbocycles. The molecule has 0 aliphatic rings. The standard InChI is InChI=1S/C21H18BrClFNO/c1-14-5-7-19(11-20(14)23)25-12-16-10-17(22)6-8-21(16)26-13-15-3-2-4-18(24)9-15/h2-11,25H,12-13H2,1H3. The Hall–Kier alpha value is -2.04. The SMILES string of the molecule is Cc1ccc(NCc2cc(Br)ccc2OCc2cccc(F)c2)cc1Cl. The van der Waals surface area contributed by atoms with Gasteiger partial charge in [0.1, 0.15) is 18.2 Å².